The van der Waals surface area contributed by atoms with Crippen LogP contribution >= 0.6 is 0 Å². The lowest BCUT2D eigenvalue weighted by atomic mass is 10.1. The van der Waals surface area contributed by atoms with Gasteiger partial charge >= 0.3 is 0 Å². The summed E-state index contributed by atoms with van der Waals surface area (Å²) in [6, 6.07) is 6.74. The maximum absolute atomic E-state index is 12.7. The third-order valence-electron chi connectivity index (χ3n) is 3.98. The third kappa shape index (κ3) is 3.05. The molecule has 0 spiro atoms. The Hall–Kier alpha value is -0.910. The highest BCUT2D eigenvalue weighted by Crippen LogP contribution is 2.27. The van der Waals surface area contributed by atoms with E-state index in [1.807, 2.05) is 13.8 Å². The second kappa shape index (κ2) is 6.24. The number of rotatable bonds is 4. The van der Waals surface area contributed by atoms with Gasteiger partial charge in [-0.15, -0.1) is 0 Å². The molecule has 1 fully saturated rings. The van der Waals surface area contributed by atoms with Crippen LogP contribution in [-0.4, -0.2) is 30.4 Å². The smallest absolute Gasteiger partial charge is 0.243 e. The van der Waals surface area contributed by atoms with Crippen molar-refractivity contribution in [1.82, 2.24) is 4.31 Å². The van der Waals surface area contributed by atoms with E-state index in [2.05, 4.69) is 0 Å². The van der Waals surface area contributed by atoms with Gasteiger partial charge in [-0.25, -0.2) is 8.42 Å². The molecule has 5 heteroatoms. The predicted octanol–water partition coefficient (Wildman–Crippen LogP) is 2.69. The van der Waals surface area contributed by atoms with Crippen LogP contribution in [0.2, 0.25) is 0 Å². The molecular formula is C15H23NO3S. The average molecular weight is 297 g/mol. The largest absolute Gasteiger partial charge is 0.388 e. The molecule has 0 amide bonds. The Labute approximate surface area is 121 Å². The van der Waals surface area contributed by atoms with Crippen molar-refractivity contribution in [2.75, 3.05) is 6.54 Å². The first-order valence-electron chi connectivity index (χ1n) is 7.26. The molecule has 2 unspecified atom stereocenters. The Bertz CT molecular complexity index is 556. The van der Waals surface area contributed by atoms with Crippen LogP contribution in [0.5, 0.6) is 0 Å². The Balaban J connectivity index is 2.34. The van der Waals surface area contributed by atoms with Crippen molar-refractivity contribution >= 4 is 10.0 Å². The number of piperidine rings is 1. The molecule has 0 bridgehead atoms. The summed E-state index contributed by atoms with van der Waals surface area (Å²) < 4.78 is 27.0. The van der Waals surface area contributed by atoms with Crippen molar-refractivity contribution in [3.8, 4) is 0 Å². The summed E-state index contributed by atoms with van der Waals surface area (Å²) in [5, 5.41) is 9.87. The first-order chi connectivity index (χ1) is 9.46. The van der Waals surface area contributed by atoms with Gasteiger partial charge in [0.1, 0.15) is 0 Å². The molecule has 20 heavy (non-hydrogen) atoms. The van der Waals surface area contributed by atoms with Crippen molar-refractivity contribution < 1.29 is 13.5 Å². The minimum Gasteiger partial charge on any atom is -0.388 e. The van der Waals surface area contributed by atoms with E-state index in [1.54, 1.807) is 28.6 Å². The quantitative estimate of drug-likeness (QED) is 0.929. The van der Waals surface area contributed by atoms with Crippen LogP contribution < -0.4 is 0 Å². The van der Waals surface area contributed by atoms with Gasteiger partial charge in [-0.2, -0.15) is 4.31 Å². The monoisotopic (exact) mass is 297 g/mol. The predicted molar refractivity (Wildman–Crippen MR) is 78.9 cm³/mol. The summed E-state index contributed by atoms with van der Waals surface area (Å²) >= 11 is 0. The van der Waals surface area contributed by atoms with E-state index in [1.165, 1.54) is 0 Å². The van der Waals surface area contributed by atoms with Crippen LogP contribution in [0, 0.1) is 0 Å². The highest BCUT2D eigenvalue weighted by Gasteiger charge is 2.31. The number of aliphatic hydroxyl groups is 1. The average Bonchev–Trinajstić information content (AvgIpc) is 2.47. The van der Waals surface area contributed by atoms with Crippen LogP contribution in [0.3, 0.4) is 0 Å². The molecule has 0 aromatic heterocycles. The fourth-order valence-electron chi connectivity index (χ4n) is 2.68. The van der Waals surface area contributed by atoms with Gasteiger partial charge in [-0.3, -0.25) is 0 Å². The van der Waals surface area contributed by atoms with Gasteiger partial charge in [0.15, 0.2) is 0 Å². The topological polar surface area (TPSA) is 57.6 Å². The zero-order valence-electron chi connectivity index (χ0n) is 12.1. The molecule has 1 saturated heterocycles. The molecule has 1 aromatic carbocycles. The second-order valence-electron chi connectivity index (χ2n) is 5.46. The highest BCUT2D eigenvalue weighted by molar-refractivity contribution is 7.89. The zero-order valence-corrected chi connectivity index (χ0v) is 12.9. The molecular weight excluding hydrogens is 274 g/mol. The molecule has 1 aliphatic heterocycles. The summed E-state index contributed by atoms with van der Waals surface area (Å²) in [7, 11) is -3.45. The van der Waals surface area contributed by atoms with Gasteiger partial charge in [0.2, 0.25) is 10.0 Å². The number of hydrogen-bond acceptors (Lipinski definition) is 3. The van der Waals surface area contributed by atoms with Crippen LogP contribution in [-0.2, 0) is 10.0 Å². The number of aliphatic hydroxyl groups excluding tert-OH is 1. The van der Waals surface area contributed by atoms with Crippen molar-refractivity contribution in [2.45, 2.75) is 56.6 Å². The van der Waals surface area contributed by atoms with Gasteiger partial charge in [0.25, 0.3) is 0 Å². The number of benzene rings is 1. The molecule has 0 saturated carbocycles. The lowest BCUT2D eigenvalue weighted by Crippen LogP contribution is -2.41. The maximum atomic E-state index is 12.7. The number of nitrogens with zero attached hydrogens (tertiary/aromatic N) is 1. The first kappa shape index (κ1) is 15.5. The Kier molecular flexibility index (Phi) is 4.83. The Morgan fingerprint density at radius 1 is 1.40 bits per heavy atom. The van der Waals surface area contributed by atoms with Gasteiger partial charge < -0.3 is 5.11 Å². The van der Waals surface area contributed by atoms with E-state index >= 15 is 0 Å². The molecule has 2 rings (SSSR count). The summed E-state index contributed by atoms with van der Waals surface area (Å²) in [6.45, 7) is 4.42. The van der Waals surface area contributed by atoms with Crippen LogP contribution in [0.4, 0.5) is 0 Å². The van der Waals surface area contributed by atoms with Gasteiger partial charge in [-0.1, -0.05) is 25.5 Å². The first-order valence-corrected chi connectivity index (χ1v) is 8.70. The van der Waals surface area contributed by atoms with E-state index in [0.29, 0.717) is 18.5 Å². The summed E-state index contributed by atoms with van der Waals surface area (Å²) in [5.74, 6) is 0. The molecule has 2 atom stereocenters. The van der Waals surface area contributed by atoms with E-state index in [4.69, 9.17) is 0 Å². The molecule has 0 aliphatic carbocycles. The van der Waals surface area contributed by atoms with E-state index in [-0.39, 0.29) is 10.9 Å². The van der Waals surface area contributed by atoms with Crippen molar-refractivity contribution in [2.24, 2.45) is 0 Å². The number of sulfonamides is 1. The molecule has 0 radical (unpaired) electrons. The third-order valence-corrected chi connectivity index (χ3v) is 5.99. The molecule has 1 aliphatic rings. The second-order valence-corrected chi connectivity index (χ2v) is 7.35. The lowest BCUT2D eigenvalue weighted by molar-refractivity contribution is 0.173. The van der Waals surface area contributed by atoms with Crippen molar-refractivity contribution in [1.29, 1.82) is 0 Å². The van der Waals surface area contributed by atoms with Crippen molar-refractivity contribution in [3.05, 3.63) is 29.8 Å². The zero-order chi connectivity index (χ0) is 14.8. The van der Waals surface area contributed by atoms with Gasteiger partial charge in [-0.05, 0) is 43.9 Å². The fourth-order valence-corrected chi connectivity index (χ4v) is 4.44. The van der Waals surface area contributed by atoms with E-state index in [9.17, 15) is 13.5 Å². The Morgan fingerprint density at radius 3 is 2.80 bits per heavy atom. The summed E-state index contributed by atoms with van der Waals surface area (Å²) in [6.07, 6.45) is 2.88. The lowest BCUT2D eigenvalue weighted by Gasteiger charge is -2.32. The Morgan fingerprint density at radius 2 is 2.15 bits per heavy atom. The molecule has 1 N–H and O–H groups in total. The normalized spacial score (nSPS) is 22.6. The SMILES string of the molecule is CCC(O)c1cccc(S(=O)(=O)N2CCCCC2C)c1. The minimum atomic E-state index is -3.45. The summed E-state index contributed by atoms with van der Waals surface area (Å²) in [4.78, 5) is 0.288. The molecule has 4 nitrogen and oxygen atoms in total. The fraction of sp³-hybridized carbons (Fsp3) is 0.600. The van der Waals surface area contributed by atoms with Crippen LogP contribution in [0.15, 0.2) is 29.2 Å². The summed E-state index contributed by atoms with van der Waals surface area (Å²) in [5.41, 5.74) is 0.665. The standard InChI is InChI=1S/C15H23NO3S/c1-3-15(17)13-8-6-9-14(11-13)20(18,19)16-10-5-4-7-12(16)2/h6,8-9,11-12,15,17H,3-5,7,10H2,1-2H3. The van der Waals surface area contributed by atoms with Crippen LogP contribution in [0.25, 0.3) is 0 Å². The molecule has 1 heterocycles. The minimum absolute atomic E-state index is 0.0495. The number of hydrogen-bond donors (Lipinski definition) is 1. The van der Waals surface area contributed by atoms with Gasteiger partial charge in [0.05, 0.1) is 11.0 Å². The van der Waals surface area contributed by atoms with Crippen LogP contribution in [0.1, 0.15) is 51.2 Å². The van der Waals surface area contributed by atoms with E-state index in [0.717, 1.165) is 19.3 Å². The van der Waals surface area contributed by atoms with Gasteiger partial charge in [0, 0.05) is 12.6 Å². The maximum Gasteiger partial charge on any atom is 0.243 e. The highest BCUT2D eigenvalue weighted by atomic mass is 32.2. The van der Waals surface area contributed by atoms with Crippen molar-refractivity contribution in [3.63, 3.8) is 0 Å². The van der Waals surface area contributed by atoms with E-state index < -0.39 is 16.1 Å². The molecule has 112 valence electrons. The molecule has 1 aromatic rings.